The Morgan fingerprint density at radius 2 is 1.57 bits per heavy atom. The van der Waals surface area contributed by atoms with Crippen LogP contribution in [0.1, 0.15) is 68.0 Å². The summed E-state index contributed by atoms with van der Waals surface area (Å²) in [5.41, 5.74) is 4.46. The van der Waals surface area contributed by atoms with Gasteiger partial charge >= 0.3 is 6.09 Å². The number of para-hydroxylation sites is 1. The van der Waals surface area contributed by atoms with Gasteiger partial charge in [0.25, 0.3) is 5.91 Å². The van der Waals surface area contributed by atoms with Crippen LogP contribution in [0.5, 0.6) is 0 Å². The van der Waals surface area contributed by atoms with Crippen molar-refractivity contribution in [1.82, 2.24) is 10.2 Å². The second-order valence-electron chi connectivity index (χ2n) is 12.5. The molecule has 1 aliphatic carbocycles. The van der Waals surface area contributed by atoms with E-state index in [9.17, 15) is 14.4 Å². The largest absolute Gasteiger partial charge is 0.444 e. The van der Waals surface area contributed by atoms with Crippen LogP contribution >= 0.6 is 0 Å². The molecule has 42 heavy (non-hydrogen) atoms. The molecule has 4 atom stereocenters. The summed E-state index contributed by atoms with van der Waals surface area (Å²) in [6.45, 7) is 13.3. The van der Waals surface area contributed by atoms with Crippen molar-refractivity contribution >= 4 is 23.6 Å². The van der Waals surface area contributed by atoms with E-state index < -0.39 is 23.8 Å². The normalized spacial score (nSPS) is 17.5. The molecule has 4 unspecified atom stereocenters. The predicted octanol–water partition coefficient (Wildman–Crippen LogP) is 6.66. The predicted molar refractivity (Wildman–Crippen MR) is 166 cm³/mol. The number of nitrogens with zero attached hydrogens (tertiary/aromatic N) is 1. The van der Waals surface area contributed by atoms with Crippen LogP contribution in [0, 0.1) is 26.7 Å². The monoisotopic (exact) mass is 569 g/mol. The van der Waals surface area contributed by atoms with Gasteiger partial charge in [-0.05, 0) is 82.2 Å². The highest BCUT2D eigenvalue weighted by molar-refractivity contribution is 6.00. The van der Waals surface area contributed by atoms with Gasteiger partial charge in [-0.3, -0.25) is 9.59 Å². The number of hydrogen-bond donors (Lipinski definition) is 2. The molecule has 3 amide bonds. The van der Waals surface area contributed by atoms with Gasteiger partial charge in [-0.15, -0.1) is 0 Å². The van der Waals surface area contributed by atoms with E-state index in [1.165, 1.54) is 0 Å². The Morgan fingerprint density at radius 1 is 0.929 bits per heavy atom. The lowest BCUT2D eigenvalue weighted by molar-refractivity contribution is -0.141. The summed E-state index contributed by atoms with van der Waals surface area (Å²) in [5, 5.41) is 5.95. The average Bonchev–Trinajstić information content (AvgIpc) is 3.64. The average molecular weight is 570 g/mol. The SMILES string of the molecule is Cc1ccc(C)c(C(C(=O)Nc2ccccc2C)N(C(=O)C(Cc2ccccc2)NC(=O)OC(C)(C)C)C2CC2C)c1. The van der Waals surface area contributed by atoms with Gasteiger partial charge in [-0.2, -0.15) is 0 Å². The summed E-state index contributed by atoms with van der Waals surface area (Å²) in [5.74, 6) is -0.391. The van der Waals surface area contributed by atoms with Crippen molar-refractivity contribution in [3.63, 3.8) is 0 Å². The minimum atomic E-state index is -0.936. The first kappa shape index (κ1) is 30.8. The molecule has 0 aromatic heterocycles. The summed E-state index contributed by atoms with van der Waals surface area (Å²) >= 11 is 0. The number of rotatable bonds is 9. The van der Waals surface area contributed by atoms with Crippen molar-refractivity contribution in [2.24, 2.45) is 5.92 Å². The molecule has 3 aromatic rings. The number of nitrogens with one attached hydrogen (secondary N) is 2. The molecule has 0 aliphatic heterocycles. The van der Waals surface area contributed by atoms with Gasteiger partial charge < -0.3 is 20.3 Å². The third-order valence-corrected chi connectivity index (χ3v) is 7.61. The molecule has 2 N–H and O–H groups in total. The first-order chi connectivity index (χ1) is 19.8. The zero-order valence-corrected chi connectivity index (χ0v) is 25.7. The Morgan fingerprint density at radius 3 is 2.19 bits per heavy atom. The van der Waals surface area contributed by atoms with Crippen LogP contribution in [0.25, 0.3) is 0 Å². The van der Waals surface area contributed by atoms with E-state index in [0.29, 0.717) is 5.69 Å². The molecule has 7 heteroatoms. The number of carbonyl (C=O) groups is 3. The quantitative estimate of drug-likeness (QED) is 0.302. The molecule has 0 radical (unpaired) electrons. The first-order valence-electron chi connectivity index (χ1n) is 14.6. The fraction of sp³-hybridized carbons (Fsp3) is 0.400. The Labute approximate surface area is 249 Å². The smallest absolute Gasteiger partial charge is 0.408 e. The minimum Gasteiger partial charge on any atom is -0.444 e. The van der Waals surface area contributed by atoms with Gasteiger partial charge in [0.05, 0.1) is 0 Å². The molecule has 4 rings (SSSR count). The van der Waals surface area contributed by atoms with E-state index in [1.807, 2.05) is 93.6 Å². The third-order valence-electron chi connectivity index (χ3n) is 7.61. The van der Waals surface area contributed by atoms with E-state index in [-0.39, 0.29) is 30.2 Å². The Balaban J connectivity index is 1.78. The lowest BCUT2D eigenvalue weighted by Crippen LogP contribution is -2.54. The number of benzene rings is 3. The maximum Gasteiger partial charge on any atom is 0.408 e. The summed E-state index contributed by atoms with van der Waals surface area (Å²) in [7, 11) is 0. The Hall–Kier alpha value is -4.13. The number of carbonyl (C=O) groups excluding carboxylic acids is 3. The molecule has 7 nitrogen and oxygen atoms in total. The van der Waals surface area contributed by atoms with Gasteiger partial charge in [0, 0.05) is 18.2 Å². The summed E-state index contributed by atoms with van der Waals surface area (Å²) in [6, 6.07) is 21.2. The fourth-order valence-electron chi connectivity index (χ4n) is 5.24. The number of amides is 3. The van der Waals surface area contributed by atoms with Gasteiger partial charge in [-0.25, -0.2) is 4.79 Å². The molecule has 0 saturated heterocycles. The van der Waals surface area contributed by atoms with Crippen molar-refractivity contribution in [3.05, 3.63) is 101 Å². The topological polar surface area (TPSA) is 87.7 Å². The maximum absolute atomic E-state index is 14.7. The highest BCUT2D eigenvalue weighted by atomic mass is 16.6. The zero-order valence-electron chi connectivity index (χ0n) is 25.7. The van der Waals surface area contributed by atoms with E-state index in [4.69, 9.17) is 4.74 Å². The number of alkyl carbamates (subject to hydrolysis) is 1. The lowest BCUT2D eigenvalue weighted by atomic mass is 9.95. The summed E-state index contributed by atoms with van der Waals surface area (Å²) < 4.78 is 5.55. The molecular weight excluding hydrogens is 526 g/mol. The summed E-state index contributed by atoms with van der Waals surface area (Å²) in [4.78, 5) is 43.7. The van der Waals surface area contributed by atoms with Crippen molar-refractivity contribution in [2.75, 3.05) is 5.32 Å². The Kier molecular flexibility index (Phi) is 9.40. The van der Waals surface area contributed by atoms with Crippen LogP contribution in [0.3, 0.4) is 0 Å². The van der Waals surface area contributed by atoms with Crippen molar-refractivity contribution < 1.29 is 19.1 Å². The molecule has 1 fully saturated rings. The number of ether oxygens (including phenoxy) is 1. The molecule has 1 saturated carbocycles. The van der Waals surface area contributed by atoms with Gasteiger partial charge in [-0.1, -0.05) is 79.2 Å². The minimum absolute atomic E-state index is 0.149. The third kappa shape index (κ3) is 7.78. The summed E-state index contributed by atoms with van der Waals surface area (Å²) in [6.07, 6.45) is 0.359. The molecule has 3 aromatic carbocycles. The number of hydrogen-bond acceptors (Lipinski definition) is 4. The van der Waals surface area contributed by atoms with Crippen LogP contribution in [0.2, 0.25) is 0 Å². The number of aryl methyl sites for hydroxylation is 3. The second-order valence-corrected chi connectivity index (χ2v) is 12.5. The van der Waals surface area contributed by atoms with Crippen molar-refractivity contribution in [3.8, 4) is 0 Å². The Bertz CT molecular complexity index is 1430. The first-order valence-corrected chi connectivity index (χ1v) is 14.6. The van der Waals surface area contributed by atoms with Crippen LogP contribution in [0.4, 0.5) is 10.5 Å². The van der Waals surface area contributed by atoms with Crippen LogP contribution < -0.4 is 10.6 Å². The molecule has 0 heterocycles. The molecule has 1 aliphatic rings. The molecule has 222 valence electrons. The van der Waals surface area contributed by atoms with Crippen molar-refractivity contribution in [2.45, 2.75) is 85.0 Å². The van der Waals surface area contributed by atoms with Crippen LogP contribution in [-0.2, 0) is 20.7 Å². The van der Waals surface area contributed by atoms with E-state index in [1.54, 1.807) is 25.7 Å². The van der Waals surface area contributed by atoms with Crippen LogP contribution in [-0.4, -0.2) is 40.5 Å². The lowest BCUT2D eigenvalue weighted by Gasteiger charge is -2.36. The van der Waals surface area contributed by atoms with Crippen molar-refractivity contribution in [1.29, 1.82) is 0 Å². The molecular formula is C35H43N3O4. The van der Waals surface area contributed by atoms with Gasteiger partial charge in [0.1, 0.15) is 17.7 Å². The number of anilines is 1. The van der Waals surface area contributed by atoms with E-state index in [2.05, 4.69) is 17.6 Å². The highest BCUT2D eigenvalue weighted by Crippen LogP contribution is 2.42. The maximum atomic E-state index is 14.7. The second kappa shape index (κ2) is 12.8. The van der Waals surface area contributed by atoms with Gasteiger partial charge in [0.2, 0.25) is 5.91 Å². The van der Waals surface area contributed by atoms with E-state index >= 15 is 0 Å². The van der Waals surface area contributed by atoms with Crippen LogP contribution in [0.15, 0.2) is 72.8 Å². The highest BCUT2D eigenvalue weighted by Gasteiger charge is 2.48. The standard InChI is InChI=1S/C35H43N3O4/c1-22-17-18-23(2)27(19-22)31(32(39)36-28-16-12-11-13-24(28)3)38(30-20-25(30)4)33(40)29(21-26-14-9-8-10-15-26)37-34(41)42-35(5,6)7/h8-19,25,29-31H,20-21H2,1-7H3,(H,36,39)(H,37,41). The fourth-order valence-corrected chi connectivity index (χ4v) is 5.24. The molecule has 0 spiro atoms. The molecule has 0 bridgehead atoms. The van der Waals surface area contributed by atoms with Gasteiger partial charge in [0.15, 0.2) is 0 Å². The van der Waals surface area contributed by atoms with E-state index in [0.717, 1.165) is 34.2 Å². The zero-order chi connectivity index (χ0) is 30.6.